The number of hydrogen-bond acceptors (Lipinski definition) is 7. The van der Waals surface area contributed by atoms with E-state index >= 15 is 0 Å². The highest BCUT2D eigenvalue weighted by Crippen LogP contribution is 2.54. The zero-order valence-corrected chi connectivity index (χ0v) is 21.4. The molecule has 0 bridgehead atoms. The molecule has 8 nitrogen and oxygen atoms in total. The maximum Gasteiger partial charge on any atom is 0.258 e. The molecule has 3 fully saturated rings. The number of carbonyl (C=O) groups excluding carboxylic acids is 1. The number of piperidine rings is 1. The van der Waals surface area contributed by atoms with E-state index in [0.29, 0.717) is 35.6 Å². The monoisotopic (exact) mass is 498 g/mol. The summed E-state index contributed by atoms with van der Waals surface area (Å²) >= 11 is 0. The van der Waals surface area contributed by atoms with E-state index in [1.807, 2.05) is 25.1 Å². The van der Waals surface area contributed by atoms with Gasteiger partial charge in [-0.15, -0.1) is 0 Å². The molecule has 35 heavy (non-hydrogen) atoms. The molecule has 1 aromatic carbocycles. The van der Waals surface area contributed by atoms with Crippen LogP contribution in [0.25, 0.3) is 0 Å². The van der Waals surface area contributed by atoms with Crippen molar-refractivity contribution in [3.63, 3.8) is 0 Å². The van der Waals surface area contributed by atoms with E-state index in [-0.39, 0.29) is 11.7 Å². The van der Waals surface area contributed by atoms with Gasteiger partial charge >= 0.3 is 0 Å². The van der Waals surface area contributed by atoms with Gasteiger partial charge in [0, 0.05) is 38.1 Å². The molecule has 0 atom stereocenters. The Morgan fingerprint density at radius 3 is 2.40 bits per heavy atom. The summed E-state index contributed by atoms with van der Waals surface area (Å²) in [5, 5.41) is 3.00. The lowest BCUT2D eigenvalue weighted by molar-refractivity contribution is 0.102. The number of amides is 1. The average molecular weight is 499 g/mol. The second-order valence-electron chi connectivity index (χ2n) is 10.4. The van der Waals surface area contributed by atoms with Gasteiger partial charge in [0.2, 0.25) is 0 Å². The van der Waals surface area contributed by atoms with Crippen molar-refractivity contribution in [3.8, 4) is 0 Å². The zero-order chi connectivity index (χ0) is 24.6. The molecule has 1 amide bonds. The molecule has 1 spiro atoms. The molecule has 188 valence electrons. The minimum absolute atomic E-state index is 0.0397. The number of aryl methyl sites for hydroxylation is 1. The minimum Gasteiger partial charge on any atom is -0.378 e. The van der Waals surface area contributed by atoms with Crippen LogP contribution in [0.4, 0.5) is 17.3 Å². The first-order chi connectivity index (χ1) is 16.7. The summed E-state index contributed by atoms with van der Waals surface area (Å²) in [4.78, 5) is 22.6. The Labute approximate surface area is 207 Å². The third-order valence-electron chi connectivity index (χ3n) is 7.39. The van der Waals surface area contributed by atoms with Gasteiger partial charge in [-0.25, -0.2) is 13.4 Å². The van der Waals surface area contributed by atoms with Crippen molar-refractivity contribution in [1.82, 2.24) is 4.98 Å². The van der Waals surface area contributed by atoms with Crippen molar-refractivity contribution in [2.75, 3.05) is 60.8 Å². The van der Waals surface area contributed by atoms with E-state index in [1.54, 1.807) is 12.1 Å². The number of nitrogens with one attached hydrogen (secondary N) is 1. The number of ether oxygens (including phenoxy) is 1. The SMILES string of the molecule is Cc1cc(NC(=O)c2ccc(CS(C)(=O)=O)cc2N2CCC3(CC2)CC3)nc(N2CCOCC2)c1. The zero-order valence-electron chi connectivity index (χ0n) is 20.5. The smallest absolute Gasteiger partial charge is 0.258 e. The van der Waals surface area contributed by atoms with Gasteiger partial charge in [-0.3, -0.25) is 4.79 Å². The third kappa shape index (κ3) is 5.78. The molecular formula is C26H34N4O4S. The first kappa shape index (κ1) is 24.1. The summed E-state index contributed by atoms with van der Waals surface area (Å²) in [6, 6.07) is 9.27. The Morgan fingerprint density at radius 1 is 1.03 bits per heavy atom. The van der Waals surface area contributed by atoms with Crippen LogP contribution in [0.5, 0.6) is 0 Å². The number of anilines is 3. The molecule has 3 heterocycles. The number of sulfone groups is 1. The predicted octanol–water partition coefficient (Wildman–Crippen LogP) is 3.40. The van der Waals surface area contributed by atoms with Gasteiger partial charge in [-0.2, -0.15) is 0 Å². The summed E-state index contributed by atoms with van der Waals surface area (Å²) in [5.74, 6) is 1.07. The maximum absolute atomic E-state index is 13.5. The number of hydrogen-bond donors (Lipinski definition) is 1. The summed E-state index contributed by atoms with van der Waals surface area (Å²) in [6.45, 7) is 6.63. The summed E-state index contributed by atoms with van der Waals surface area (Å²) < 4.78 is 29.3. The fraction of sp³-hybridized carbons (Fsp3) is 0.538. The highest BCUT2D eigenvalue weighted by atomic mass is 32.2. The third-order valence-corrected chi connectivity index (χ3v) is 8.25. The Balaban J connectivity index is 1.41. The van der Waals surface area contributed by atoms with Gasteiger partial charge in [0.05, 0.1) is 24.5 Å². The highest BCUT2D eigenvalue weighted by molar-refractivity contribution is 7.89. The van der Waals surface area contributed by atoms with E-state index in [4.69, 9.17) is 9.72 Å². The minimum atomic E-state index is -3.18. The Morgan fingerprint density at radius 2 is 1.74 bits per heavy atom. The van der Waals surface area contributed by atoms with Crippen LogP contribution in [0.3, 0.4) is 0 Å². The fourth-order valence-corrected chi connectivity index (χ4v) is 5.96. The molecule has 2 aliphatic heterocycles. The first-order valence-electron chi connectivity index (χ1n) is 12.4. The van der Waals surface area contributed by atoms with Crippen LogP contribution in [-0.2, 0) is 20.3 Å². The van der Waals surface area contributed by atoms with E-state index in [1.165, 1.54) is 19.1 Å². The molecule has 2 aromatic rings. The Bertz CT molecular complexity index is 1210. The largest absolute Gasteiger partial charge is 0.378 e. The van der Waals surface area contributed by atoms with Crippen molar-refractivity contribution in [2.45, 2.75) is 38.4 Å². The number of aromatic nitrogens is 1. The molecule has 2 saturated heterocycles. The van der Waals surface area contributed by atoms with Gasteiger partial charge in [0.1, 0.15) is 11.6 Å². The van der Waals surface area contributed by atoms with Gasteiger partial charge in [0.15, 0.2) is 9.84 Å². The number of pyridine rings is 1. The van der Waals surface area contributed by atoms with Crippen LogP contribution < -0.4 is 15.1 Å². The lowest BCUT2D eigenvalue weighted by Crippen LogP contribution is -2.37. The normalized spacial score (nSPS) is 19.6. The molecular weight excluding hydrogens is 464 g/mol. The molecule has 9 heteroatoms. The summed E-state index contributed by atoms with van der Waals surface area (Å²) in [5.41, 5.74) is 3.58. The molecule has 0 radical (unpaired) electrons. The topological polar surface area (TPSA) is 91.8 Å². The van der Waals surface area contributed by atoms with Crippen LogP contribution in [-0.4, -0.2) is 65.0 Å². The van der Waals surface area contributed by atoms with Crippen molar-refractivity contribution in [2.24, 2.45) is 5.41 Å². The Kier molecular flexibility index (Phi) is 6.48. The van der Waals surface area contributed by atoms with Crippen molar-refractivity contribution < 1.29 is 17.9 Å². The van der Waals surface area contributed by atoms with Crippen LogP contribution in [0.2, 0.25) is 0 Å². The van der Waals surface area contributed by atoms with Crippen molar-refractivity contribution in [3.05, 3.63) is 47.0 Å². The summed E-state index contributed by atoms with van der Waals surface area (Å²) in [6.07, 6.45) is 6.07. The molecule has 1 saturated carbocycles. The molecule has 1 N–H and O–H groups in total. The van der Waals surface area contributed by atoms with Crippen molar-refractivity contribution in [1.29, 1.82) is 0 Å². The molecule has 1 aliphatic carbocycles. The van der Waals surface area contributed by atoms with E-state index in [0.717, 1.165) is 56.1 Å². The van der Waals surface area contributed by atoms with E-state index in [9.17, 15) is 13.2 Å². The molecule has 3 aliphatic rings. The Hall–Kier alpha value is -2.65. The number of rotatable bonds is 6. The molecule has 5 rings (SSSR count). The number of benzene rings is 1. The fourth-order valence-electron chi connectivity index (χ4n) is 5.17. The number of nitrogens with zero attached hydrogens (tertiary/aromatic N) is 3. The average Bonchev–Trinajstić information content (AvgIpc) is 3.57. The maximum atomic E-state index is 13.5. The highest BCUT2D eigenvalue weighted by Gasteiger charge is 2.44. The van der Waals surface area contributed by atoms with E-state index in [2.05, 4.69) is 15.1 Å². The lowest BCUT2D eigenvalue weighted by Gasteiger charge is -2.35. The standard InChI is InChI=1S/C26H34N4O4S/c1-19-15-23(27-24(16-19)30-11-13-34-14-12-30)28-25(31)21-4-3-20(18-35(2,32)33)17-22(21)29-9-7-26(5-6-26)8-10-29/h3-4,15-17H,5-14,18H2,1-2H3,(H,27,28,31). The van der Waals surface area contributed by atoms with Gasteiger partial charge in [0.25, 0.3) is 5.91 Å². The molecule has 0 unspecified atom stereocenters. The van der Waals surface area contributed by atoms with Crippen molar-refractivity contribution >= 4 is 33.1 Å². The molecule has 1 aromatic heterocycles. The predicted molar refractivity (Wildman–Crippen MR) is 138 cm³/mol. The lowest BCUT2D eigenvalue weighted by atomic mass is 9.92. The first-order valence-corrected chi connectivity index (χ1v) is 14.4. The summed E-state index contributed by atoms with van der Waals surface area (Å²) in [7, 11) is -3.18. The quantitative estimate of drug-likeness (QED) is 0.653. The van der Waals surface area contributed by atoms with Gasteiger partial charge in [-0.1, -0.05) is 6.07 Å². The van der Waals surface area contributed by atoms with E-state index < -0.39 is 9.84 Å². The van der Waals surface area contributed by atoms with Gasteiger partial charge < -0.3 is 19.9 Å². The second-order valence-corrected chi connectivity index (χ2v) is 12.5. The number of morpholine rings is 1. The van der Waals surface area contributed by atoms with Gasteiger partial charge in [-0.05, 0) is 73.4 Å². The van der Waals surface area contributed by atoms with Crippen LogP contribution >= 0.6 is 0 Å². The number of carbonyl (C=O) groups is 1. The van der Waals surface area contributed by atoms with Crippen LogP contribution in [0, 0.1) is 12.3 Å². The second kappa shape index (κ2) is 9.43. The van der Waals surface area contributed by atoms with Crippen LogP contribution in [0.1, 0.15) is 47.2 Å². The van der Waals surface area contributed by atoms with Crippen LogP contribution in [0.15, 0.2) is 30.3 Å².